The first kappa shape index (κ1) is 16.0. The number of phenols is 1. The first-order chi connectivity index (χ1) is 9.26. The Labute approximate surface area is 117 Å². The SMILES string of the molecule is CNC(C)(C)C(=O)N[C@@H](Cc1ccc(O)cc1)C(=O)O. The van der Waals surface area contributed by atoms with Crippen LogP contribution < -0.4 is 10.6 Å². The molecule has 0 aliphatic rings. The van der Waals surface area contributed by atoms with Crippen molar-refractivity contribution >= 4 is 11.9 Å². The zero-order chi connectivity index (χ0) is 15.3. The van der Waals surface area contributed by atoms with Crippen molar-refractivity contribution in [2.75, 3.05) is 7.05 Å². The lowest BCUT2D eigenvalue weighted by atomic mass is 10.0. The van der Waals surface area contributed by atoms with Crippen LogP contribution in [0.2, 0.25) is 0 Å². The van der Waals surface area contributed by atoms with Crippen LogP contribution in [0.1, 0.15) is 19.4 Å². The number of carbonyl (C=O) groups excluding carboxylic acids is 1. The van der Waals surface area contributed by atoms with Gasteiger partial charge >= 0.3 is 5.97 Å². The first-order valence-corrected chi connectivity index (χ1v) is 6.27. The maximum atomic E-state index is 12.0. The number of rotatable bonds is 6. The minimum Gasteiger partial charge on any atom is -0.508 e. The second kappa shape index (κ2) is 6.38. The molecule has 0 spiro atoms. The Balaban J connectivity index is 2.78. The molecule has 0 heterocycles. The van der Waals surface area contributed by atoms with E-state index in [1.807, 2.05) is 0 Å². The maximum Gasteiger partial charge on any atom is 0.326 e. The molecular formula is C14H20N2O4. The van der Waals surface area contributed by atoms with Gasteiger partial charge in [0.1, 0.15) is 11.8 Å². The largest absolute Gasteiger partial charge is 0.508 e. The van der Waals surface area contributed by atoms with Crippen LogP contribution in [0.15, 0.2) is 24.3 Å². The van der Waals surface area contributed by atoms with Crippen LogP contribution in [-0.2, 0) is 16.0 Å². The van der Waals surface area contributed by atoms with Crippen LogP contribution in [0.4, 0.5) is 0 Å². The molecule has 0 aromatic heterocycles. The van der Waals surface area contributed by atoms with E-state index in [1.54, 1.807) is 33.0 Å². The summed E-state index contributed by atoms with van der Waals surface area (Å²) in [6.45, 7) is 3.34. The number of hydrogen-bond donors (Lipinski definition) is 4. The molecule has 0 fully saturated rings. The molecule has 1 aromatic rings. The second-order valence-electron chi connectivity index (χ2n) is 5.11. The van der Waals surface area contributed by atoms with Gasteiger partial charge in [0, 0.05) is 6.42 Å². The van der Waals surface area contributed by atoms with Gasteiger partial charge in [-0.15, -0.1) is 0 Å². The zero-order valence-corrected chi connectivity index (χ0v) is 11.8. The number of likely N-dealkylation sites (N-methyl/N-ethyl adjacent to an activating group) is 1. The van der Waals surface area contributed by atoms with Gasteiger partial charge in [0.15, 0.2) is 0 Å². The number of nitrogens with one attached hydrogen (secondary N) is 2. The Morgan fingerprint density at radius 2 is 1.80 bits per heavy atom. The van der Waals surface area contributed by atoms with Crippen LogP contribution in [0.3, 0.4) is 0 Å². The fourth-order valence-electron chi connectivity index (χ4n) is 1.52. The van der Waals surface area contributed by atoms with E-state index in [0.717, 1.165) is 5.56 Å². The van der Waals surface area contributed by atoms with Crippen LogP contribution in [0, 0.1) is 0 Å². The van der Waals surface area contributed by atoms with Crippen molar-refractivity contribution in [2.24, 2.45) is 0 Å². The quantitative estimate of drug-likeness (QED) is 0.608. The molecule has 0 aliphatic carbocycles. The predicted molar refractivity (Wildman–Crippen MR) is 74.5 cm³/mol. The molecule has 1 atom stereocenters. The van der Waals surface area contributed by atoms with Gasteiger partial charge in [-0.25, -0.2) is 4.79 Å². The Morgan fingerprint density at radius 1 is 1.25 bits per heavy atom. The molecule has 0 radical (unpaired) electrons. The van der Waals surface area contributed by atoms with Crippen molar-refractivity contribution in [1.29, 1.82) is 0 Å². The summed E-state index contributed by atoms with van der Waals surface area (Å²) >= 11 is 0. The Kier molecular flexibility index (Phi) is 5.10. The topological polar surface area (TPSA) is 98.7 Å². The van der Waals surface area contributed by atoms with Crippen LogP contribution >= 0.6 is 0 Å². The molecule has 1 rings (SSSR count). The fourth-order valence-corrected chi connectivity index (χ4v) is 1.52. The molecule has 0 aliphatic heterocycles. The molecule has 4 N–H and O–H groups in total. The third-order valence-electron chi connectivity index (χ3n) is 3.17. The number of carboxylic acids is 1. The number of hydrogen-bond acceptors (Lipinski definition) is 4. The Morgan fingerprint density at radius 3 is 2.25 bits per heavy atom. The van der Waals surface area contributed by atoms with Crippen molar-refractivity contribution in [2.45, 2.75) is 31.8 Å². The predicted octanol–water partition coefficient (Wildman–Crippen LogP) is 0.502. The molecule has 6 heteroatoms. The zero-order valence-electron chi connectivity index (χ0n) is 11.8. The summed E-state index contributed by atoms with van der Waals surface area (Å²) in [7, 11) is 1.63. The van der Waals surface area contributed by atoms with Crippen molar-refractivity contribution in [3.05, 3.63) is 29.8 Å². The summed E-state index contributed by atoms with van der Waals surface area (Å²) in [5.74, 6) is -1.37. The number of phenolic OH excluding ortho intramolecular Hbond substituents is 1. The first-order valence-electron chi connectivity index (χ1n) is 6.27. The average molecular weight is 280 g/mol. The third-order valence-corrected chi connectivity index (χ3v) is 3.17. The molecule has 1 amide bonds. The molecule has 0 unspecified atom stereocenters. The summed E-state index contributed by atoms with van der Waals surface area (Å²) in [5.41, 5.74) is -0.124. The molecule has 0 bridgehead atoms. The highest BCUT2D eigenvalue weighted by Gasteiger charge is 2.29. The minimum atomic E-state index is -1.10. The number of carbonyl (C=O) groups is 2. The van der Waals surface area contributed by atoms with Crippen LogP contribution in [0.5, 0.6) is 5.75 Å². The van der Waals surface area contributed by atoms with Crippen molar-refractivity contribution in [1.82, 2.24) is 10.6 Å². The molecular weight excluding hydrogens is 260 g/mol. The highest BCUT2D eigenvalue weighted by molar-refractivity contribution is 5.89. The number of amides is 1. The number of aromatic hydroxyl groups is 1. The average Bonchev–Trinajstić information content (AvgIpc) is 2.40. The summed E-state index contributed by atoms with van der Waals surface area (Å²) in [6.07, 6.45) is 0.154. The van der Waals surface area contributed by atoms with E-state index in [9.17, 15) is 19.8 Å². The maximum absolute atomic E-state index is 12.0. The van der Waals surface area contributed by atoms with Crippen LogP contribution in [-0.4, -0.2) is 40.7 Å². The van der Waals surface area contributed by atoms with Gasteiger partial charge in [-0.3, -0.25) is 4.79 Å². The number of benzene rings is 1. The van der Waals surface area contributed by atoms with Crippen molar-refractivity contribution < 1.29 is 19.8 Å². The van der Waals surface area contributed by atoms with E-state index < -0.39 is 17.6 Å². The number of aliphatic carboxylic acids is 1. The van der Waals surface area contributed by atoms with Gasteiger partial charge < -0.3 is 20.8 Å². The van der Waals surface area contributed by atoms with E-state index in [1.165, 1.54) is 12.1 Å². The highest BCUT2D eigenvalue weighted by atomic mass is 16.4. The fraction of sp³-hybridized carbons (Fsp3) is 0.429. The van der Waals surface area contributed by atoms with Gasteiger partial charge in [0.2, 0.25) is 5.91 Å². The molecule has 6 nitrogen and oxygen atoms in total. The van der Waals surface area contributed by atoms with E-state index >= 15 is 0 Å². The minimum absolute atomic E-state index is 0.112. The van der Waals surface area contributed by atoms with Crippen molar-refractivity contribution in [3.63, 3.8) is 0 Å². The third kappa shape index (κ3) is 4.24. The van der Waals surface area contributed by atoms with Gasteiger partial charge in [-0.1, -0.05) is 12.1 Å². The van der Waals surface area contributed by atoms with E-state index in [0.29, 0.717) is 0 Å². The molecule has 1 aromatic carbocycles. The van der Waals surface area contributed by atoms with Gasteiger partial charge in [-0.05, 0) is 38.6 Å². The standard InChI is InChI=1S/C14H20N2O4/c1-14(2,15-3)13(20)16-11(12(18)19)8-9-4-6-10(17)7-5-9/h4-7,11,15,17H,8H2,1-3H3,(H,16,20)(H,18,19)/t11-/m0/s1. The van der Waals surface area contributed by atoms with Gasteiger partial charge in [-0.2, -0.15) is 0 Å². The van der Waals surface area contributed by atoms with Gasteiger partial charge in [0.05, 0.1) is 5.54 Å². The Bertz CT molecular complexity index is 482. The lowest BCUT2D eigenvalue weighted by molar-refractivity contribution is -0.142. The molecule has 0 saturated heterocycles. The summed E-state index contributed by atoms with van der Waals surface area (Å²) in [4.78, 5) is 23.2. The summed E-state index contributed by atoms with van der Waals surface area (Å²) in [5, 5.41) is 23.7. The smallest absolute Gasteiger partial charge is 0.326 e. The molecule has 110 valence electrons. The lowest BCUT2D eigenvalue weighted by Gasteiger charge is -2.25. The van der Waals surface area contributed by atoms with E-state index in [2.05, 4.69) is 10.6 Å². The summed E-state index contributed by atoms with van der Waals surface area (Å²) in [6, 6.07) is 5.20. The Hall–Kier alpha value is -2.08. The molecule has 0 saturated carbocycles. The highest BCUT2D eigenvalue weighted by Crippen LogP contribution is 2.12. The van der Waals surface area contributed by atoms with E-state index in [4.69, 9.17) is 0 Å². The van der Waals surface area contributed by atoms with Gasteiger partial charge in [0.25, 0.3) is 0 Å². The second-order valence-corrected chi connectivity index (χ2v) is 5.11. The molecule has 20 heavy (non-hydrogen) atoms. The van der Waals surface area contributed by atoms with E-state index in [-0.39, 0.29) is 18.1 Å². The normalized spacial score (nSPS) is 12.8. The lowest BCUT2D eigenvalue weighted by Crippen LogP contribution is -2.55. The monoisotopic (exact) mass is 280 g/mol. The number of carboxylic acid groups (broad SMARTS) is 1. The van der Waals surface area contributed by atoms with Crippen LogP contribution in [0.25, 0.3) is 0 Å². The summed E-state index contributed by atoms with van der Waals surface area (Å²) < 4.78 is 0. The van der Waals surface area contributed by atoms with Crippen molar-refractivity contribution in [3.8, 4) is 5.75 Å².